The summed E-state index contributed by atoms with van der Waals surface area (Å²) in [6.45, 7) is 7.98. The van der Waals surface area contributed by atoms with Gasteiger partial charge in [-0.1, -0.05) is 80.9 Å². The quantitative estimate of drug-likeness (QED) is 0.223. The van der Waals surface area contributed by atoms with E-state index in [1.54, 1.807) is 13.8 Å². The topological polar surface area (TPSA) is 103 Å². The molecule has 0 spiro atoms. The summed E-state index contributed by atoms with van der Waals surface area (Å²) < 4.78 is 17.5. The maximum Gasteiger partial charge on any atom is 0.307 e. The molecule has 0 aromatic heterocycles. The molecule has 2 aromatic rings. The van der Waals surface area contributed by atoms with Crippen LogP contribution in [0.4, 0.5) is 0 Å². The van der Waals surface area contributed by atoms with Crippen molar-refractivity contribution in [3.63, 3.8) is 0 Å². The van der Waals surface area contributed by atoms with Crippen molar-refractivity contribution in [2.45, 2.75) is 122 Å². The van der Waals surface area contributed by atoms with Crippen molar-refractivity contribution in [2.24, 2.45) is 11.3 Å². The van der Waals surface area contributed by atoms with Gasteiger partial charge in [-0.2, -0.15) is 0 Å². The van der Waals surface area contributed by atoms with E-state index in [4.69, 9.17) is 14.2 Å². The van der Waals surface area contributed by atoms with Crippen LogP contribution in [0.2, 0.25) is 0 Å². The predicted molar refractivity (Wildman–Crippen MR) is 179 cm³/mol. The molecule has 0 bridgehead atoms. The van der Waals surface area contributed by atoms with Crippen LogP contribution in [-0.4, -0.2) is 55.0 Å². The van der Waals surface area contributed by atoms with Crippen LogP contribution in [0.1, 0.15) is 96.6 Å². The molecule has 1 aliphatic heterocycles. The van der Waals surface area contributed by atoms with Crippen molar-refractivity contribution < 1.29 is 28.6 Å². The Morgan fingerprint density at radius 3 is 2.07 bits per heavy atom. The van der Waals surface area contributed by atoms with Crippen molar-refractivity contribution in [2.75, 3.05) is 13.2 Å². The molecule has 8 heteroatoms. The smallest absolute Gasteiger partial charge is 0.307 e. The van der Waals surface area contributed by atoms with E-state index in [-0.39, 0.29) is 48.8 Å². The Bertz CT molecular complexity index is 1200. The fourth-order valence-electron chi connectivity index (χ4n) is 6.43. The zero-order chi connectivity index (χ0) is 33.0. The molecule has 2 N–H and O–H groups in total. The first-order chi connectivity index (χ1) is 22.0. The number of esters is 1. The Kier molecular flexibility index (Phi) is 13.2. The maximum absolute atomic E-state index is 13.7. The molecule has 1 saturated carbocycles. The van der Waals surface area contributed by atoms with E-state index in [0.717, 1.165) is 64.2 Å². The minimum absolute atomic E-state index is 0.0531. The molecular weight excluding hydrogens is 580 g/mol. The van der Waals surface area contributed by atoms with Gasteiger partial charge < -0.3 is 24.8 Å². The Labute approximate surface area is 275 Å². The van der Waals surface area contributed by atoms with Crippen LogP contribution in [0.3, 0.4) is 0 Å². The molecule has 46 heavy (non-hydrogen) atoms. The molecule has 1 aliphatic carbocycles. The molecule has 3 atom stereocenters. The third-order valence-electron chi connectivity index (χ3n) is 9.18. The highest BCUT2D eigenvalue weighted by atomic mass is 16.7. The number of amides is 2. The van der Waals surface area contributed by atoms with Crippen molar-refractivity contribution in [3.8, 4) is 0 Å². The second kappa shape index (κ2) is 17.1. The van der Waals surface area contributed by atoms with Crippen molar-refractivity contribution in [1.29, 1.82) is 0 Å². The molecular formula is C38H54N2O6. The summed E-state index contributed by atoms with van der Waals surface area (Å²) in [4.78, 5) is 39.5. The van der Waals surface area contributed by atoms with Gasteiger partial charge in [0.2, 0.25) is 11.8 Å². The second-order valence-corrected chi connectivity index (χ2v) is 14.1. The van der Waals surface area contributed by atoms with Gasteiger partial charge in [0.25, 0.3) is 0 Å². The molecule has 4 rings (SSSR count). The van der Waals surface area contributed by atoms with E-state index in [0.29, 0.717) is 6.61 Å². The molecule has 252 valence electrons. The average molecular weight is 635 g/mol. The van der Waals surface area contributed by atoms with Gasteiger partial charge in [-0.3, -0.25) is 14.4 Å². The third kappa shape index (κ3) is 11.2. The van der Waals surface area contributed by atoms with Crippen LogP contribution < -0.4 is 10.6 Å². The number of hydrogen-bond donors (Lipinski definition) is 2. The van der Waals surface area contributed by atoms with Gasteiger partial charge in [0, 0.05) is 17.9 Å². The lowest BCUT2D eigenvalue weighted by Gasteiger charge is -2.44. The molecule has 2 aliphatic rings. The standard InChI is InChI=1S/C38H54N2O6/c1-37(2)27-44-38(3,4)46-34(37)36(43)39-26-25-33(41)45-32-24-12-11-23-31(32)40-35(42)30(21-13-19-28-15-7-5-8-16-28)22-14-20-29-17-9-6-10-18-29/h5-10,15-18,30-32,34H,11-14,19-27H2,1-4H3,(H,39,43)(H,40,42)/t31-,32-,34?/m0/s1. The first kappa shape index (κ1) is 35.6. The summed E-state index contributed by atoms with van der Waals surface area (Å²) in [5.74, 6) is -1.52. The Hall–Kier alpha value is -3.23. The summed E-state index contributed by atoms with van der Waals surface area (Å²) >= 11 is 0. The van der Waals surface area contributed by atoms with Gasteiger partial charge >= 0.3 is 5.97 Å². The third-order valence-corrected chi connectivity index (χ3v) is 9.18. The maximum atomic E-state index is 13.7. The number of ether oxygens (including phenoxy) is 3. The van der Waals surface area contributed by atoms with Gasteiger partial charge in [0.15, 0.2) is 5.79 Å². The first-order valence-corrected chi connectivity index (χ1v) is 17.2. The Morgan fingerprint density at radius 1 is 0.870 bits per heavy atom. The number of aryl methyl sites for hydroxylation is 2. The van der Waals surface area contributed by atoms with E-state index < -0.39 is 17.3 Å². The molecule has 0 radical (unpaired) electrons. The minimum Gasteiger partial charge on any atom is -0.460 e. The highest BCUT2D eigenvalue weighted by Crippen LogP contribution is 2.35. The summed E-state index contributed by atoms with van der Waals surface area (Å²) in [5, 5.41) is 6.14. The normalized spacial score (nSPS) is 22.2. The summed E-state index contributed by atoms with van der Waals surface area (Å²) in [5.41, 5.74) is 2.08. The van der Waals surface area contributed by atoms with Crippen LogP contribution in [-0.2, 0) is 41.4 Å². The van der Waals surface area contributed by atoms with Gasteiger partial charge in [-0.05, 0) is 82.8 Å². The van der Waals surface area contributed by atoms with Crippen molar-refractivity contribution in [1.82, 2.24) is 10.6 Å². The Morgan fingerprint density at radius 2 is 1.46 bits per heavy atom. The highest BCUT2D eigenvalue weighted by molar-refractivity contribution is 5.82. The van der Waals surface area contributed by atoms with Crippen LogP contribution >= 0.6 is 0 Å². The van der Waals surface area contributed by atoms with Crippen molar-refractivity contribution in [3.05, 3.63) is 71.8 Å². The lowest BCUT2D eigenvalue weighted by molar-refractivity contribution is -0.304. The lowest BCUT2D eigenvalue weighted by atomic mass is 9.85. The summed E-state index contributed by atoms with van der Waals surface area (Å²) in [6.07, 6.45) is 7.84. The van der Waals surface area contributed by atoms with E-state index >= 15 is 0 Å². The van der Waals surface area contributed by atoms with Gasteiger partial charge in [0.1, 0.15) is 12.2 Å². The number of benzene rings is 2. The Balaban J connectivity index is 1.27. The van der Waals surface area contributed by atoms with E-state index in [9.17, 15) is 14.4 Å². The first-order valence-electron chi connectivity index (χ1n) is 17.2. The molecule has 2 fully saturated rings. The SMILES string of the molecule is CC1(C)OCC(C)(C)C(C(=O)NCCC(=O)O[C@H]2CCCC[C@@H]2NC(=O)C(CCCc2ccccc2)CCCc2ccccc2)O1. The molecule has 8 nitrogen and oxygen atoms in total. The minimum atomic E-state index is -0.848. The number of nitrogens with one attached hydrogen (secondary N) is 2. The number of carbonyl (C=O) groups is 3. The molecule has 1 heterocycles. The van der Waals surface area contributed by atoms with Crippen LogP contribution in [0.15, 0.2) is 60.7 Å². The van der Waals surface area contributed by atoms with Gasteiger partial charge in [-0.25, -0.2) is 0 Å². The largest absolute Gasteiger partial charge is 0.460 e. The molecule has 2 amide bonds. The number of hydrogen-bond acceptors (Lipinski definition) is 6. The predicted octanol–water partition coefficient (Wildman–Crippen LogP) is 6.30. The van der Waals surface area contributed by atoms with Gasteiger partial charge in [-0.15, -0.1) is 0 Å². The zero-order valence-corrected chi connectivity index (χ0v) is 28.2. The van der Waals surface area contributed by atoms with Crippen LogP contribution in [0.25, 0.3) is 0 Å². The average Bonchev–Trinajstić information content (AvgIpc) is 3.03. The monoisotopic (exact) mass is 634 g/mol. The molecule has 2 aromatic carbocycles. The van der Waals surface area contributed by atoms with E-state index in [1.165, 1.54) is 11.1 Å². The summed E-state index contributed by atoms with van der Waals surface area (Å²) in [6, 6.07) is 20.6. The van der Waals surface area contributed by atoms with Crippen LogP contribution in [0.5, 0.6) is 0 Å². The van der Waals surface area contributed by atoms with E-state index in [2.05, 4.69) is 59.2 Å². The fraction of sp³-hybridized carbons (Fsp3) is 0.605. The second-order valence-electron chi connectivity index (χ2n) is 14.1. The number of rotatable bonds is 15. The molecule has 1 unspecified atom stereocenters. The lowest BCUT2D eigenvalue weighted by Crippen LogP contribution is -2.56. The zero-order valence-electron chi connectivity index (χ0n) is 28.2. The van der Waals surface area contributed by atoms with Crippen LogP contribution in [0, 0.1) is 11.3 Å². The fourth-order valence-corrected chi connectivity index (χ4v) is 6.43. The highest BCUT2D eigenvalue weighted by Gasteiger charge is 2.45. The van der Waals surface area contributed by atoms with E-state index in [1.807, 2.05) is 26.0 Å². The van der Waals surface area contributed by atoms with Gasteiger partial charge in [0.05, 0.1) is 19.1 Å². The number of carbonyl (C=O) groups excluding carboxylic acids is 3. The van der Waals surface area contributed by atoms with Crippen molar-refractivity contribution >= 4 is 17.8 Å². The molecule has 1 saturated heterocycles. The summed E-state index contributed by atoms with van der Waals surface area (Å²) in [7, 11) is 0.